The van der Waals surface area contributed by atoms with Gasteiger partial charge >= 0.3 is 0 Å². The molecule has 0 aliphatic rings. The fraction of sp³-hybridized carbons (Fsp3) is 0.538. The van der Waals surface area contributed by atoms with E-state index in [9.17, 15) is 0 Å². The second-order valence-electron chi connectivity index (χ2n) is 4.50. The molecule has 2 nitrogen and oxygen atoms in total. The van der Waals surface area contributed by atoms with Crippen molar-refractivity contribution in [1.29, 1.82) is 0 Å². The van der Waals surface area contributed by atoms with E-state index in [0.717, 1.165) is 6.54 Å². The van der Waals surface area contributed by atoms with E-state index in [1.807, 2.05) is 0 Å². The minimum absolute atomic E-state index is 0.523. The average Bonchev–Trinajstić information content (AvgIpc) is 2.19. The van der Waals surface area contributed by atoms with Crippen LogP contribution in [0.15, 0.2) is 24.3 Å². The van der Waals surface area contributed by atoms with Crippen molar-refractivity contribution in [3.63, 3.8) is 0 Å². The van der Waals surface area contributed by atoms with Gasteiger partial charge in [-0.15, -0.1) is 0 Å². The Kier molecular flexibility index (Phi) is 4.63. The van der Waals surface area contributed by atoms with Crippen molar-refractivity contribution in [2.45, 2.75) is 26.3 Å². The summed E-state index contributed by atoms with van der Waals surface area (Å²) >= 11 is 0. The van der Waals surface area contributed by atoms with E-state index in [2.05, 4.69) is 62.4 Å². The summed E-state index contributed by atoms with van der Waals surface area (Å²) in [6.45, 7) is 5.46. The van der Waals surface area contributed by atoms with Gasteiger partial charge in [0.05, 0.1) is 0 Å². The van der Waals surface area contributed by atoms with Gasteiger partial charge in [-0.25, -0.2) is 0 Å². The summed E-state index contributed by atoms with van der Waals surface area (Å²) in [6.07, 6.45) is 1.17. The third kappa shape index (κ3) is 4.84. The highest BCUT2D eigenvalue weighted by atomic mass is 15.1. The first-order valence-corrected chi connectivity index (χ1v) is 5.56. The molecule has 0 spiro atoms. The maximum Gasteiger partial charge on any atom is 0.0342 e. The topological polar surface area (TPSA) is 15.3 Å². The Bertz CT molecular complexity index is 277. The zero-order valence-corrected chi connectivity index (χ0v) is 10.2. The monoisotopic (exact) mass is 206 g/mol. The summed E-state index contributed by atoms with van der Waals surface area (Å²) in [5, 5.41) is 3.50. The summed E-state index contributed by atoms with van der Waals surface area (Å²) in [6, 6.07) is 9.08. The lowest BCUT2D eigenvalue weighted by atomic mass is 10.2. The normalized spacial score (nSPS) is 12.9. The van der Waals surface area contributed by atoms with Crippen LogP contribution in [0.2, 0.25) is 0 Å². The highest BCUT2D eigenvalue weighted by molar-refractivity contribution is 5.44. The molecule has 84 valence electrons. The first-order valence-electron chi connectivity index (χ1n) is 5.56. The van der Waals surface area contributed by atoms with Crippen LogP contribution in [0.4, 0.5) is 5.69 Å². The zero-order valence-electron chi connectivity index (χ0n) is 10.2. The van der Waals surface area contributed by atoms with Gasteiger partial charge in [-0.3, -0.25) is 0 Å². The number of hydrogen-bond acceptors (Lipinski definition) is 2. The molecule has 1 N–H and O–H groups in total. The Morgan fingerprint density at radius 1 is 1.20 bits per heavy atom. The fourth-order valence-electron chi connectivity index (χ4n) is 1.46. The van der Waals surface area contributed by atoms with Gasteiger partial charge in [0.2, 0.25) is 0 Å². The van der Waals surface area contributed by atoms with Crippen LogP contribution in [0.1, 0.15) is 18.9 Å². The van der Waals surface area contributed by atoms with E-state index in [1.54, 1.807) is 0 Å². The van der Waals surface area contributed by atoms with Gasteiger partial charge < -0.3 is 10.2 Å². The third-order valence-electron chi connectivity index (χ3n) is 2.47. The van der Waals surface area contributed by atoms with E-state index in [1.165, 1.54) is 17.7 Å². The second-order valence-corrected chi connectivity index (χ2v) is 4.50. The van der Waals surface area contributed by atoms with Crippen LogP contribution < -0.4 is 5.32 Å². The molecule has 15 heavy (non-hydrogen) atoms. The fourth-order valence-corrected chi connectivity index (χ4v) is 1.46. The molecule has 0 aromatic heterocycles. The van der Waals surface area contributed by atoms with E-state index in [4.69, 9.17) is 0 Å². The molecule has 2 heteroatoms. The van der Waals surface area contributed by atoms with Crippen LogP contribution in [0.3, 0.4) is 0 Å². The molecule has 1 aromatic rings. The standard InChI is InChI=1S/C13H22N2/c1-11-5-7-13(8-6-11)14-12(2)9-10-15(3)4/h5-8,12,14H,9-10H2,1-4H3. The minimum atomic E-state index is 0.523. The van der Waals surface area contributed by atoms with Crippen molar-refractivity contribution >= 4 is 5.69 Å². The second kappa shape index (κ2) is 5.76. The Morgan fingerprint density at radius 3 is 2.33 bits per heavy atom. The Hall–Kier alpha value is -1.02. The molecular formula is C13H22N2. The van der Waals surface area contributed by atoms with Gasteiger partial charge in [0.25, 0.3) is 0 Å². The van der Waals surface area contributed by atoms with Gasteiger partial charge in [-0.2, -0.15) is 0 Å². The number of hydrogen-bond donors (Lipinski definition) is 1. The number of benzene rings is 1. The molecule has 1 atom stereocenters. The molecule has 0 amide bonds. The van der Waals surface area contributed by atoms with Gasteiger partial charge in [0, 0.05) is 11.7 Å². The van der Waals surface area contributed by atoms with Gasteiger partial charge in [0.1, 0.15) is 0 Å². The van der Waals surface area contributed by atoms with Crippen LogP contribution in [-0.4, -0.2) is 31.6 Å². The largest absolute Gasteiger partial charge is 0.383 e. The minimum Gasteiger partial charge on any atom is -0.383 e. The maximum atomic E-state index is 3.50. The first kappa shape index (κ1) is 12.1. The number of nitrogens with one attached hydrogen (secondary N) is 1. The molecule has 0 fully saturated rings. The maximum absolute atomic E-state index is 3.50. The van der Waals surface area contributed by atoms with Crippen molar-refractivity contribution < 1.29 is 0 Å². The summed E-state index contributed by atoms with van der Waals surface area (Å²) in [7, 11) is 4.22. The summed E-state index contributed by atoms with van der Waals surface area (Å²) in [5.41, 5.74) is 2.52. The molecule has 1 rings (SSSR count). The van der Waals surface area contributed by atoms with Crippen LogP contribution in [0.25, 0.3) is 0 Å². The lowest BCUT2D eigenvalue weighted by Gasteiger charge is -2.17. The van der Waals surface area contributed by atoms with Crippen molar-refractivity contribution in [2.24, 2.45) is 0 Å². The lowest BCUT2D eigenvalue weighted by Crippen LogP contribution is -2.22. The van der Waals surface area contributed by atoms with Gasteiger partial charge in [-0.1, -0.05) is 17.7 Å². The lowest BCUT2D eigenvalue weighted by molar-refractivity contribution is 0.390. The van der Waals surface area contributed by atoms with Gasteiger partial charge in [-0.05, 0) is 53.0 Å². The number of aryl methyl sites for hydroxylation is 1. The zero-order chi connectivity index (χ0) is 11.3. The molecule has 0 radical (unpaired) electrons. The quantitative estimate of drug-likeness (QED) is 0.797. The smallest absolute Gasteiger partial charge is 0.0342 e. The van der Waals surface area contributed by atoms with Crippen LogP contribution in [0.5, 0.6) is 0 Å². The Morgan fingerprint density at radius 2 is 1.80 bits per heavy atom. The molecule has 0 saturated heterocycles. The van der Waals surface area contributed by atoms with Crippen LogP contribution in [-0.2, 0) is 0 Å². The van der Waals surface area contributed by atoms with E-state index < -0.39 is 0 Å². The molecule has 0 saturated carbocycles. The molecule has 1 unspecified atom stereocenters. The van der Waals surface area contributed by atoms with Crippen molar-refractivity contribution in [1.82, 2.24) is 4.90 Å². The van der Waals surface area contributed by atoms with Gasteiger partial charge in [0.15, 0.2) is 0 Å². The summed E-state index contributed by atoms with van der Waals surface area (Å²) in [5.74, 6) is 0. The van der Waals surface area contributed by atoms with Crippen molar-refractivity contribution in [3.8, 4) is 0 Å². The van der Waals surface area contributed by atoms with E-state index in [-0.39, 0.29) is 0 Å². The predicted molar refractivity (Wildman–Crippen MR) is 67.4 cm³/mol. The highest BCUT2D eigenvalue weighted by Gasteiger charge is 2.02. The molecule has 0 bridgehead atoms. The first-order chi connectivity index (χ1) is 7.08. The SMILES string of the molecule is Cc1ccc(NC(C)CCN(C)C)cc1. The predicted octanol–water partition coefficient (Wildman–Crippen LogP) is 2.75. The number of nitrogens with zero attached hydrogens (tertiary/aromatic N) is 1. The molecule has 0 heterocycles. The Balaban J connectivity index is 2.37. The molecule has 1 aromatic carbocycles. The average molecular weight is 206 g/mol. The van der Waals surface area contributed by atoms with Crippen molar-refractivity contribution in [3.05, 3.63) is 29.8 Å². The number of rotatable bonds is 5. The third-order valence-corrected chi connectivity index (χ3v) is 2.47. The van der Waals surface area contributed by atoms with E-state index >= 15 is 0 Å². The molecule has 0 aliphatic heterocycles. The molecule has 0 aliphatic carbocycles. The van der Waals surface area contributed by atoms with Crippen molar-refractivity contribution in [2.75, 3.05) is 26.0 Å². The summed E-state index contributed by atoms with van der Waals surface area (Å²) < 4.78 is 0. The molecular weight excluding hydrogens is 184 g/mol. The summed E-state index contributed by atoms with van der Waals surface area (Å²) in [4.78, 5) is 2.22. The van der Waals surface area contributed by atoms with Crippen LogP contribution in [0, 0.1) is 6.92 Å². The van der Waals surface area contributed by atoms with Crippen LogP contribution >= 0.6 is 0 Å². The highest BCUT2D eigenvalue weighted by Crippen LogP contribution is 2.11. The number of anilines is 1. The van der Waals surface area contributed by atoms with E-state index in [0.29, 0.717) is 6.04 Å². The Labute approximate surface area is 93.3 Å².